The molecule has 0 saturated heterocycles. The molecule has 0 aliphatic rings. The van der Waals surface area contributed by atoms with Crippen LogP contribution >= 0.6 is 0 Å². The lowest BCUT2D eigenvalue weighted by Gasteiger charge is -2.29. The number of likely N-dealkylation sites (N-methyl/N-ethyl adjacent to an activating group) is 1. The van der Waals surface area contributed by atoms with Gasteiger partial charge in [-0.25, -0.2) is 0 Å². The van der Waals surface area contributed by atoms with Crippen LogP contribution in [0.5, 0.6) is 0 Å². The van der Waals surface area contributed by atoms with E-state index in [0.717, 1.165) is 12.2 Å². The van der Waals surface area contributed by atoms with Crippen LogP contribution < -0.4 is 10.2 Å². The van der Waals surface area contributed by atoms with E-state index in [4.69, 9.17) is 0 Å². The molecule has 25 heavy (non-hydrogen) atoms. The molecule has 0 fully saturated rings. The molecule has 0 heterocycles. The number of aryl methyl sites for hydroxylation is 2. The second-order valence-corrected chi connectivity index (χ2v) is 6.64. The molecule has 1 unspecified atom stereocenters. The van der Waals surface area contributed by atoms with Crippen LogP contribution in [0.1, 0.15) is 22.7 Å². The molecular weight excluding hydrogens is 304 g/mol. The lowest BCUT2D eigenvalue weighted by Crippen LogP contribution is -2.29. The normalized spacial score (nSPS) is 11.8. The van der Waals surface area contributed by atoms with Gasteiger partial charge in [0.05, 0.1) is 6.04 Å². The third-order valence-electron chi connectivity index (χ3n) is 4.61. The van der Waals surface area contributed by atoms with Gasteiger partial charge in [0.25, 0.3) is 0 Å². The van der Waals surface area contributed by atoms with Crippen LogP contribution in [0.15, 0.2) is 78.9 Å². The van der Waals surface area contributed by atoms with Crippen molar-refractivity contribution in [1.82, 2.24) is 0 Å². The lowest BCUT2D eigenvalue weighted by molar-refractivity contribution is 0.743. The summed E-state index contributed by atoms with van der Waals surface area (Å²) in [5.74, 6) is 0. The van der Waals surface area contributed by atoms with E-state index < -0.39 is 0 Å². The van der Waals surface area contributed by atoms with E-state index in [2.05, 4.69) is 104 Å². The molecule has 1 atom stereocenters. The summed E-state index contributed by atoms with van der Waals surface area (Å²) in [5.41, 5.74) is 6.32. The first-order valence-corrected chi connectivity index (χ1v) is 8.78. The Morgan fingerprint density at radius 3 is 2.12 bits per heavy atom. The van der Waals surface area contributed by atoms with Gasteiger partial charge in [-0.05, 0) is 49.2 Å². The molecule has 2 nitrogen and oxygen atoms in total. The Morgan fingerprint density at radius 1 is 0.800 bits per heavy atom. The van der Waals surface area contributed by atoms with Crippen molar-refractivity contribution in [1.29, 1.82) is 0 Å². The minimum Gasteiger partial charge on any atom is -0.376 e. The van der Waals surface area contributed by atoms with Crippen LogP contribution in [0.2, 0.25) is 0 Å². The molecular formula is C23H26N2. The molecule has 0 bridgehead atoms. The molecule has 0 amide bonds. The maximum atomic E-state index is 3.71. The maximum Gasteiger partial charge on any atom is 0.0691 e. The molecule has 0 aliphatic heterocycles. The highest BCUT2D eigenvalue weighted by molar-refractivity contribution is 5.50. The van der Waals surface area contributed by atoms with Crippen molar-refractivity contribution in [2.45, 2.75) is 19.9 Å². The Labute approximate surface area is 151 Å². The predicted octanol–water partition coefficient (Wildman–Crippen LogP) is 5.59. The molecule has 0 aliphatic carbocycles. The van der Waals surface area contributed by atoms with Gasteiger partial charge in [0.2, 0.25) is 0 Å². The van der Waals surface area contributed by atoms with Crippen molar-refractivity contribution < 1.29 is 0 Å². The summed E-state index contributed by atoms with van der Waals surface area (Å²) in [6.07, 6.45) is 0. The van der Waals surface area contributed by atoms with Crippen LogP contribution in [0.4, 0.5) is 11.4 Å². The first kappa shape index (κ1) is 17.1. The minimum absolute atomic E-state index is 0.218. The van der Waals surface area contributed by atoms with Crippen LogP contribution in [0.25, 0.3) is 0 Å². The molecule has 0 spiro atoms. The zero-order chi connectivity index (χ0) is 17.6. The number of hydrogen-bond donors (Lipinski definition) is 1. The molecule has 2 heteroatoms. The third-order valence-corrected chi connectivity index (χ3v) is 4.61. The number of benzene rings is 3. The molecule has 0 saturated carbocycles. The van der Waals surface area contributed by atoms with Crippen molar-refractivity contribution in [3.63, 3.8) is 0 Å². The van der Waals surface area contributed by atoms with Gasteiger partial charge in [-0.3, -0.25) is 0 Å². The summed E-state index contributed by atoms with van der Waals surface area (Å²) >= 11 is 0. The first-order valence-electron chi connectivity index (χ1n) is 8.78. The van der Waals surface area contributed by atoms with Gasteiger partial charge in [0, 0.05) is 25.0 Å². The van der Waals surface area contributed by atoms with Crippen LogP contribution in [-0.2, 0) is 0 Å². The molecule has 0 radical (unpaired) electrons. The third kappa shape index (κ3) is 4.42. The second-order valence-electron chi connectivity index (χ2n) is 6.64. The lowest BCUT2D eigenvalue weighted by atomic mass is 10.00. The van der Waals surface area contributed by atoms with E-state index in [0.29, 0.717) is 0 Å². The largest absolute Gasteiger partial charge is 0.376 e. The molecule has 3 rings (SSSR count). The van der Waals surface area contributed by atoms with E-state index in [1.807, 2.05) is 6.07 Å². The smallest absolute Gasteiger partial charge is 0.0691 e. The summed E-state index contributed by atoms with van der Waals surface area (Å²) in [5, 5.41) is 3.71. The standard InChI is InChI=1S/C23H26N2/c1-18-13-15-21(16-14-18)25(3)17-23(22-12-8-7-9-19(22)2)24-20-10-5-4-6-11-20/h4-16,23-24H,17H2,1-3H3. The number of nitrogens with one attached hydrogen (secondary N) is 1. The van der Waals surface area contributed by atoms with E-state index in [1.54, 1.807) is 0 Å². The van der Waals surface area contributed by atoms with Crippen molar-refractivity contribution in [3.05, 3.63) is 95.6 Å². The first-order chi connectivity index (χ1) is 12.1. The molecule has 0 aromatic heterocycles. The predicted molar refractivity (Wildman–Crippen MR) is 108 cm³/mol. The van der Waals surface area contributed by atoms with Gasteiger partial charge < -0.3 is 10.2 Å². The van der Waals surface area contributed by atoms with Crippen molar-refractivity contribution in [2.75, 3.05) is 23.8 Å². The Kier molecular flexibility index (Phi) is 5.39. The average Bonchev–Trinajstić information content (AvgIpc) is 2.63. The zero-order valence-corrected chi connectivity index (χ0v) is 15.2. The molecule has 3 aromatic carbocycles. The van der Waals surface area contributed by atoms with Crippen LogP contribution in [-0.4, -0.2) is 13.6 Å². The SMILES string of the molecule is Cc1ccc(N(C)CC(Nc2ccccc2)c2ccccc2C)cc1. The van der Waals surface area contributed by atoms with Gasteiger partial charge in [0.15, 0.2) is 0 Å². The fourth-order valence-corrected chi connectivity index (χ4v) is 3.11. The van der Waals surface area contributed by atoms with E-state index in [1.165, 1.54) is 22.4 Å². The number of hydrogen-bond acceptors (Lipinski definition) is 2. The summed E-state index contributed by atoms with van der Waals surface area (Å²) in [6.45, 7) is 5.20. The Morgan fingerprint density at radius 2 is 1.44 bits per heavy atom. The quantitative estimate of drug-likeness (QED) is 0.633. The minimum atomic E-state index is 0.218. The van der Waals surface area contributed by atoms with Gasteiger partial charge in [0.1, 0.15) is 0 Å². The van der Waals surface area contributed by atoms with E-state index in [9.17, 15) is 0 Å². The summed E-state index contributed by atoms with van der Waals surface area (Å²) in [7, 11) is 2.16. The highest BCUT2D eigenvalue weighted by Crippen LogP contribution is 2.25. The van der Waals surface area contributed by atoms with E-state index >= 15 is 0 Å². The second kappa shape index (κ2) is 7.89. The summed E-state index contributed by atoms with van der Waals surface area (Å²) < 4.78 is 0. The van der Waals surface area contributed by atoms with Crippen molar-refractivity contribution in [2.24, 2.45) is 0 Å². The number of rotatable bonds is 6. The van der Waals surface area contributed by atoms with E-state index in [-0.39, 0.29) is 6.04 Å². The number of para-hydroxylation sites is 1. The van der Waals surface area contributed by atoms with Gasteiger partial charge in [-0.1, -0.05) is 60.2 Å². The average molecular weight is 330 g/mol. The van der Waals surface area contributed by atoms with Gasteiger partial charge >= 0.3 is 0 Å². The van der Waals surface area contributed by atoms with Crippen molar-refractivity contribution in [3.8, 4) is 0 Å². The fourth-order valence-electron chi connectivity index (χ4n) is 3.11. The molecule has 3 aromatic rings. The number of nitrogens with zero attached hydrogens (tertiary/aromatic N) is 1. The highest BCUT2D eigenvalue weighted by atomic mass is 15.1. The van der Waals surface area contributed by atoms with Crippen LogP contribution in [0, 0.1) is 13.8 Å². The Balaban J connectivity index is 1.85. The Bertz CT molecular complexity index is 794. The maximum absolute atomic E-state index is 3.71. The van der Waals surface area contributed by atoms with Gasteiger partial charge in [-0.15, -0.1) is 0 Å². The van der Waals surface area contributed by atoms with Crippen molar-refractivity contribution >= 4 is 11.4 Å². The van der Waals surface area contributed by atoms with Gasteiger partial charge in [-0.2, -0.15) is 0 Å². The molecule has 128 valence electrons. The zero-order valence-electron chi connectivity index (χ0n) is 15.2. The topological polar surface area (TPSA) is 15.3 Å². The van der Waals surface area contributed by atoms with Crippen LogP contribution in [0.3, 0.4) is 0 Å². The number of anilines is 2. The fraction of sp³-hybridized carbons (Fsp3) is 0.217. The summed E-state index contributed by atoms with van der Waals surface area (Å²) in [4.78, 5) is 2.31. The monoisotopic (exact) mass is 330 g/mol. The summed E-state index contributed by atoms with van der Waals surface area (Å²) in [6, 6.07) is 28.0. The Hall–Kier alpha value is -2.74. The highest BCUT2D eigenvalue weighted by Gasteiger charge is 2.16. The molecule has 1 N–H and O–H groups in total.